The maximum Gasteiger partial charge on any atom is 0.246 e. The number of aromatic nitrogens is 2. The molecule has 0 aliphatic carbocycles. The lowest BCUT2D eigenvalue weighted by molar-refractivity contribution is -0.117. The molecule has 1 heterocycles. The third-order valence-corrected chi connectivity index (χ3v) is 2.88. The van der Waals surface area contributed by atoms with E-state index in [0.29, 0.717) is 11.4 Å². The first-order chi connectivity index (χ1) is 8.99. The Hall–Kier alpha value is -2.37. The molecule has 0 bridgehead atoms. The van der Waals surface area contributed by atoms with Gasteiger partial charge in [-0.05, 0) is 26.0 Å². The largest absolute Gasteiger partial charge is 0.396 e. The molecule has 6 heteroatoms. The van der Waals surface area contributed by atoms with Crippen LogP contribution in [-0.4, -0.2) is 15.7 Å². The highest BCUT2D eigenvalue weighted by molar-refractivity contribution is 5.90. The van der Waals surface area contributed by atoms with E-state index in [-0.39, 0.29) is 18.1 Å². The molecule has 0 aliphatic heterocycles. The molecular formula is C13H15FN4O. The fourth-order valence-corrected chi connectivity index (χ4v) is 1.75. The first kappa shape index (κ1) is 13.1. The summed E-state index contributed by atoms with van der Waals surface area (Å²) >= 11 is 0. The highest BCUT2D eigenvalue weighted by Gasteiger charge is 2.12. The molecule has 1 amide bonds. The summed E-state index contributed by atoms with van der Waals surface area (Å²) < 4.78 is 14.9. The summed E-state index contributed by atoms with van der Waals surface area (Å²) in [5, 5.41) is 6.65. The summed E-state index contributed by atoms with van der Waals surface area (Å²) in [6.07, 6.45) is 0. The van der Waals surface area contributed by atoms with Crippen LogP contribution in [0.25, 0.3) is 0 Å². The number of para-hydroxylation sites is 1. The summed E-state index contributed by atoms with van der Waals surface area (Å²) in [5.74, 6) is -0.820. The average Bonchev–Trinajstić information content (AvgIpc) is 2.60. The Morgan fingerprint density at radius 2 is 2.11 bits per heavy atom. The van der Waals surface area contributed by atoms with Gasteiger partial charge in [-0.3, -0.25) is 9.48 Å². The molecule has 1 aromatic heterocycles. The molecule has 0 atom stereocenters. The van der Waals surface area contributed by atoms with Crippen molar-refractivity contribution in [3.8, 4) is 0 Å². The molecule has 5 nitrogen and oxygen atoms in total. The number of halogens is 1. The molecule has 19 heavy (non-hydrogen) atoms. The number of carbonyl (C=O) groups is 1. The number of nitrogens with two attached hydrogens (primary N) is 1. The Labute approximate surface area is 110 Å². The van der Waals surface area contributed by atoms with Crippen molar-refractivity contribution in [2.24, 2.45) is 0 Å². The van der Waals surface area contributed by atoms with E-state index in [2.05, 4.69) is 10.4 Å². The summed E-state index contributed by atoms with van der Waals surface area (Å²) in [6.45, 7) is 3.55. The van der Waals surface area contributed by atoms with Gasteiger partial charge >= 0.3 is 0 Å². The van der Waals surface area contributed by atoms with Crippen LogP contribution in [0.3, 0.4) is 0 Å². The predicted molar refractivity (Wildman–Crippen MR) is 71.1 cm³/mol. The predicted octanol–water partition coefficient (Wildman–Crippen LogP) is 1.86. The van der Waals surface area contributed by atoms with Crippen LogP contribution in [0.5, 0.6) is 0 Å². The Bertz CT molecular complexity index is 621. The third-order valence-electron chi connectivity index (χ3n) is 2.88. The number of amides is 1. The lowest BCUT2D eigenvalue weighted by Crippen LogP contribution is -2.21. The van der Waals surface area contributed by atoms with E-state index < -0.39 is 5.82 Å². The number of benzene rings is 1. The van der Waals surface area contributed by atoms with Gasteiger partial charge in [0.05, 0.1) is 22.8 Å². The Kier molecular flexibility index (Phi) is 3.50. The summed E-state index contributed by atoms with van der Waals surface area (Å²) in [4.78, 5) is 11.8. The first-order valence-corrected chi connectivity index (χ1v) is 5.83. The second kappa shape index (κ2) is 5.09. The second-order valence-electron chi connectivity index (χ2n) is 4.27. The number of rotatable bonds is 3. The van der Waals surface area contributed by atoms with E-state index in [1.165, 1.54) is 16.8 Å². The number of nitrogens with one attached hydrogen (secondary N) is 1. The van der Waals surface area contributed by atoms with Gasteiger partial charge in [0.25, 0.3) is 0 Å². The number of hydrogen-bond donors (Lipinski definition) is 2. The molecule has 0 unspecified atom stereocenters. The first-order valence-electron chi connectivity index (χ1n) is 5.83. The maximum absolute atomic E-state index is 13.4. The van der Waals surface area contributed by atoms with Crippen LogP contribution in [0.4, 0.5) is 15.8 Å². The number of hydrogen-bond acceptors (Lipinski definition) is 3. The van der Waals surface area contributed by atoms with E-state index in [1.807, 2.05) is 0 Å². The number of anilines is 2. The van der Waals surface area contributed by atoms with E-state index in [4.69, 9.17) is 5.73 Å². The minimum Gasteiger partial charge on any atom is -0.396 e. The summed E-state index contributed by atoms with van der Waals surface area (Å²) in [6, 6.07) is 6.01. The molecule has 100 valence electrons. The van der Waals surface area contributed by atoms with Gasteiger partial charge in [0.1, 0.15) is 12.4 Å². The fraction of sp³-hybridized carbons (Fsp3) is 0.231. The van der Waals surface area contributed by atoms with E-state index in [9.17, 15) is 9.18 Å². The van der Waals surface area contributed by atoms with E-state index in [0.717, 1.165) is 5.69 Å². The summed E-state index contributed by atoms with van der Waals surface area (Å²) in [7, 11) is 0. The van der Waals surface area contributed by atoms with Crippen molar-refractivity contribution in [1.82, 2.24) is 9.78 Å². The minimum absolute atomic E-state index is 0.00178. The lowest BCUT2D eigenvalue weighted by atomic mass is 10.3. The van der Waals surface area contributed by atoms with Crippen molar-refractivity contribution in [2.45, 2.75) is 20.4 Å². The number of nitrogens with zero attached hydrogens (tertiary/aromatic N) is 2. The molecule has 0 spiro atoms. The molecule has 0 fully saturated rings. The highest BCUT2D eigenvalue weighted by Crippen LogP contribution is 2.15. The van der Waals surface area contributed by atoms with Crippen molar-refractivity contribution in [2.75, 3.05) is 11.1 Å². The van der Waals surface area contributed by atoms with Crippen molar-refractivity contribution < 1.29 is 9.18 Å². The Balaban J connectivity index is 2.10. The number of nitrogen functional groups attached to an aromatic ring is 1. The standard InChI is InChI=1S/C13H15FN4O/c1-8-13(15)9(2)18(17-8)7-12(19)16-11-6-4-3-5-10(11)14/h3-6H,7,15H2,1-2H3,(H,16,19). The normalized spacial score (nSPS) is 10.5. The van der Waals surface area contributed by atoms with Gasteiger partial charge in [-0.2, -0.15) is 5.10 Å². The molecule has 0 aliphatic rings. The maximum atomic E-state index is 13.4. The van der Waals surface area contributed by atoms with Crippen molar-refractivity contribution in [3.63, 3.8) is 0 Å². The van der Waals surface area contributed by atoms with Gasteiger partial charge < -0.3 is 11.1 Å². The minimum atomic E-state index is -0.469. The Morgan fingerprint density at radius 1 is 1.42 bits per heavy atom. The Morgan fingerprint density at radius 3 is 2.68 bits per heavy atom. The third kappa shape index (κ3) is 2.73. The second-order valence-corrected chi connectivity index (χ2v) is 4.27. The average molecular weight is 262 g/mol. The van der Waals surface area contributed by atoms with Crippen LogP contribution in [0.2, 0.25) is 0 Å². The lowest BCUT2D eigenvalue weighted by Gasteiger charge is -2.07. The molecule has 0 radical (unpaired) electrons. The fourth-order valence-electron chi connectivity index (χ4n) is 1.75. The highest BCUT2D eigenvalue weighted by atomic mass is 19.1. The SMILES string of the molecule is Cc1nn(CC(=O)Nc2ccccc2F)c(C)c1N. The van der Waals surface area contributed by atoms with E-state index >= 15 is 0 Å². The molecule has 1 aromatic carbocycles. The van der Waals surface area contributed by atoms with Gasteiger partial charge in [-0.15, -0.1) is 0 Å². The van der Waals surface area contributed by atoms with Crippen LogP contribution < -0.4 is 11.1 Å². The zero-order chi connectivity index (χ0) is 14.0. The van der Waals surface area contributed by atoms with Crippen molar-refractivity contribution in [1.29, 1.82) is 0 Å². The molecule has 3 N–H and O–H groups in total. The van der Waals surface area contributed by atoms with Crippen molar-refractivity contribution >= 4 is 17.3 Å². The van der Waals surface area contributed by atoms with E-state index in [1.54, 1.807) is 26.0 Å². The van der Waals surface area contributed by atoms with Gasteiger partial charge in [0.15, 0.2) is 0 Å². The number of aryl methyl sites for hydroxylation is 1. The van der Waals surface area contributed by atoms with Crippen LogP contribution in [0.1, 0.15) is 11.4 Å². The zero-order valence-electron chi connectivity index (χ0n) is 10.8. The number of carbonyl (C=O) groups excluding carboxylic acids is 1. The molecule has 2 rings (SSSR count). The van der Waals surface area contributed by atoms with Gasteiger partial charge in [0, 0.05) is 0 Å². The molecule has 0 saturated heterocycles. The smallest absolute Gasteiger partial charge is 0.246 e. The van der Waals surface area contributed by atoms with Crippen LogP contribution in [0, 0.1) is 19.7 Å². The topological polar surface area (TPSA) is 72.9 Å². The molecule has 2 aromatic rings. The van der Waals surface area contributed by atoms with Crippen molar-refractivity contribution in [3.05, 3.63) is 41.5 Å². The van der Waals surface area contributed by atoms with Crippen LogP contribution in [-0.2, 0) is 11.3 Å². The van der Waals surface area contributed by atoms with Gasteiger partial charge in [-0.1, -0.05) is 12.1 Å². The monoisotopic (exact) mass is 262 g/mol. The van der Waals surface area contributed by atoms with Gasteiger partial charge in [-0.25, -0.2) is 4.39 Å². The molecular weight excluding hydrogens is 247 g/mol. The van der Waals surface area contributed by atoms with Crippen LogP contribution >= 0.6 is 0 Å². The van der Waals surface area contributed by atoms with Gasteiger partial charge in [0.2, 0.25) is 5.91 Å². The zero-order valence-corrected chi connectivity index (χ0v) is 10.8. The quantitative estimate of drug-likeness (QED) is 0.886. The summed E-state index contributed by atoms with van der Waals surface area (Å²) in [5.41, 5.74) is 7.90. The molecule has 0 saturated carbocycles. The van der Waals surface area contributed by atoms with Crippen LogP contribution in [0.15, 0.2) is 24.3 Å².